The molecule has 2 fully saturated rings. The zero-order valence-corrected chi connectivity index (χ0v) is 22.0. The lowest BCUT2D eigenvalue weighted by atomic mass is 9.89. The van der Waals surface area contributed by atoms with Gasteiger partial charge in [-0.25, -0.2) is 4.39 Å². The summed E-state index contributed by atoms with van der Waals surface area (Å²) in [5, 5.41) is 6.96. The van der Waals surface area contributed by atoms with Crippen LogP contribution in [0.3, 0.4) is 0 Å². The number of benzene rings is 1. The molecule has 5 rings (SSSR count). The van der Waals surface area contributed by atoms with E-state index in [9.17, 15) is 13.6 Å². The molecule has 3 aromatic rings. The zero-order chi connectivity index (χ0) is 27.4. The number of carbonyl (C=O) groups is 1. The molecule has 39 heavy (non-hydrogen) atoms. The standard InChI is InChI=1S/C28H33F3N6O2/c1-2-3-13-35-14-11-22(12-15-35)36-18-28(31,19-36)27(38)37(23-7-5-4-6-8-23)17-21-10-9-20(16-32-21)25-33-34-26(39-25)24(29)30/h4-10,16,22,24H,2-3,11-15,17-19H2,1H3. The van der Waals surface area contributed by atoms with Crippen LogP contribution in [0.5, 0.6) is 0 Å². The van der Waals surface area contributed by atoms with Crippen molar-refractivity contribution in [3.05, 3.63) is 60.2 Å². The molecule has 208 valence electrons. The molecule has 0 bridgehead atoms. The number of pyridine rings is 1. The first-order valence-corrected chi connectivity index (χ1v) is 13.5. The van der Waals surface area contributed by atoms with Crippen LogP contribution in [0.25, 0.3) is 11.5 Å². The average molecular weight is 543 g/mol. The highest BCUT2D eigenvalue weighted by Crippen LogP contribution is 2.34. The van der Waals surface area contributed by atoms with Crippen LogP contribution in [0.4, 0.5) is 18.9 Å². The number of unbranched alkanes of at least 4 members (excludes halogenated alkanes) is 1. The normalized spacial score (nSPS) is 18.3. The van der Waals surface area contributed by atoms with Crippen LogP contribution in [0, 0.1) is 0 Å². The van der Waals surface area contributed by atoms with Crippen molar-refractivity contribution < 1.29 is 22.4 Å². The Morgan fingerprint density at radius 3 is 2.49 bits per heavy atom. The van der Waals surface area contributed by atoms with E-state index in [1.165, 1.54) is 23.9 Å². The highest BCUT2D eigenvalue weighted by molar-refractivity contribution is 6.00. The predicted octanol–water partition coefficient (Wildman–Crippen LogP) is 4.89. The van der Waals surface area contributed by atoms with Crippen molar-refractivity contribution in [1.29, 1.82) is 0 Å². The number of para-hydroxylation sites is 1. The van der Waals surface area contributed by atoms with E-state index in [4.69, 9.17) is 4.42 Å². The molecule has 1 amide bonds. The second kappa shape index (κ2) is 11.8. The van der Waals surface area contributed by atoms with E-state index in [0.29, 0.717) is 23.0 Å². The van der Waals surface area contributed by atoms with Crippen LogP contribution in [0.2, 0.25) is 0 Å². The van der Waals surface area contributed by atoms with Crippen LogP contribution in [0.15, 0.2) is 53.1 Å². The maximum absolute atomic E-state index is 16.0. The Kier molecular flexibility index (Phi) is 8.27. The number of alkyl halides is 3. The Balaban J connectivity index is 1.25. The van der Waals surface area contributed by atoms with Gasteiger partial charge in [0.25, 0.3) is 11.8 Å². The van der Waals surface area contributed by atoms with Crippen molar-refractivity contribution in [3.8, 4) is 11.5 Å². The molecule has 4 heterocycles. The number of halogens is 3. The molecule has 0 unspecified atom stereocenters. The Morgan fingerprint density at radius 1 is 1.13 bits per heavy atom. The van der Waals surface area contributed by atoms with E-state index in [-0.39, 0.29) is 25.5 Å². The SMILES string of the molecule is CCCCN1CCC(N2CC(F)(C(=O)N(Cc3ccc(-c4nnc(C(F)F)o4)cn3)c3ccccc3)C2)CC1. The molecule has 0 N–H and O–H groups in total. The highest BCUT2D eigenvalue weighted by atomic mass is 19.3. The van der Waals surface area contributed by atoms with Crippen molar-refractivity contribution in [3.63, 3.8) is 0 Å². The van der Waals surface area contributed by atoms with E-state index in [1.807, 2.05) is 6.07 Å². The molecule has 8 nitrogen and oxygen atoms in total. The van der Waals surface area contributed by atoms with E-state index < -0.39 is 23.9 Å². The van der Waals surface area contributed by atoms with Crippen molar-refractivity contribution >= 4 is 11.6 Å². The summed E-state index contributed by atoms with van der Waals surface area (Å²) in [4.78, 5) is 23.9. The molecule has 0 aliphatic carbocycles. The summed E-state index contributed by atoms with van der Waals surface area (Å²) in [5.74, 6) is -1.43. The molecule has 0 spiro atoms. The third-order valence-corrected chi connectivity index (χ3v) is 7.52. The maximum atomic E-state index is 16.0. The van der Waals surface area contributed by atoms with Gasteiger partial charge in [-0.05, 0) is 63.2 Å². The van der Waals surface area contributed by atoms with Crippen LogP contribution in [0.1, 0.15) is 50.6 Å². The fourth-order valence-electron chi connectivity index (χ4n) is 5.26. The summed E-state index contributed by atoms with van der Waals surface area (Å²) in [6.07, 6.45) is 2.90. The van der Waals surface area contributed by atoms with Gasteiger partial charge in [0, 0.05) is 31.0 Å². The molecule has 1 aromatic carbocycles. The minimum absolute atomic E-state index is 0.0523. The number of hydrogen-bond donors (Lipinski definition) is 0. The highest BCUT2D eigenvalue weighted by Gasteiger charge is 2.54. The summed E-state index contributed by atoms with van der Waals surface area (Å²) >= 11 is 0. The summed E-state index contributed by atoms with van der Waals surface area (Å²) in [6, 6.07) is 12.5. The fraction of sp³-hybridized carbons (Fsp3) is 0.500. The number of rotatable bonds is 10. The molecular formula is C28H33F3N6O2. The summed E-state index contributed by atoms with van der Waals surface area (Å²) < 4.78 is 46.5. The van der Waals surface area contributed by atoms with Crippen molar-refractivity contribution in [1.82, 2.24) is 25.0 Å². The third-order valence-electron chi connectivity index (χ3n) is 7.52. The largest absolute Gasteiger partial charge is 0.415 e. The summed E-state index contributed by atoms with van der Waals surface area (Å²) in [5.41, 5.74) is -0.520. The minimum Gasteiger partial charge on any atom is -0.415 e. The molecule has 2 aromatic heterocycles. The number of nitrogens with zero attached hydrogens (tertiary/aromatic N) is 6. The first-order chi connectivity index (χ1) is 18.9. The third kappa shape index (κ3) is 6.14. The fourth-order valence-corrected chi connectivity index (χ4v) is 5.26. The predicted molar refractivity (Wildman–Crippen MR) is 140 cm³/mol. The number of hydrogen-bond acceptors (Lipinski definition) is 7. The van der Waals surface area contributed by atoms with Gasteiger partial charge in [0.2, 0.25) is 11.6 Å². The minimum atomic E-state index is -2.86. The van der Waals surface area contributed by atoms with E-state index in [1.54, 1.807) is 36.4 Å². The summed E-state index contributed by atoms with van der Waals surface area (Å²) in [6.45, 7) is 5.56. The molecule has 0 saturated carbocycles. The molecule has 0 radical (unpaired) electrons. The van der Waals surface area contributed by atoms with Gasteiger partial charge in [0.1, 0.15) is 0 Å². The summed E-state index contributed by atoms with van der Waals surface area (Å²) in [7, 11) is 0. The van der Waals surface area contributed by atoms with Gasteiger partial charge in [0.15, 0.2) is 0 Å². The molecule has 2 aliphatic rings. The van der Waals surface area contributed by atoms with Crippen molar-refractivity contribution in [2.45, 2.75) is 57.3 Å². The topological polar surface area (TPSA) is 78.6 Å². The van der Waals surface area contributed by atoms with Gasteiger partial charge in [-0.2, -0.15) is 8.78 Å². The Bertz CT molecular complexity index is 1230. The van der Waals surface area contributed by atoms with Gasteiger partial charge >= 0.3 is 6.43 Å². The van der Waals surface area contributed by atoms with Crippen LogP contribution in [-0.4, -0.2) is 75.3 Å². The first-order valence-electron chi connectivity index (χ1n) is 13.5. The number of anilines is 1. The van der Waals surface area contributed by atoms with E-state index in [2.05, 4.69) is 31.9 Å². The first kappa shape index (κ1) is 27.3. The molecule has 11 heteroatoms. The van der Waals surface area contributed by atoms with Crippen LogP contribution < -0.4 is 4.90 Å². The lowest BCUT2D eigenvalue weighted by Gasteiger charge is -2.50. The van der Waals surface area contributed by atoms with Gasteiger partial charge in [-0.15, -0.1) is 10.2 Å². The van der Waals surface area contributed by atoms with Crippen LogP contribution in [-0.2, 0) is 11.3 Å². The number of likely N-dealkylation sites (tertiary alicyclic amines) is 2. The average Bonchev–Trinajstić information content (AvgIpc) is 3.45. The zero-order valence-electron chi connectivity index (χ0n) is 22.0. The van der Waals surface area contributed by atoms with Gasteiger partial charge in [-0.1, -0.05) is 31.5 Å². The maximum Gasteiger partial charge on any atom is 0.314 e. The van der Waals surface area contributed by atoms with E-state index in [0.717, 1.165) is 32.5 Å². The number of carbonyl (C=O) groups excluding carboxylic acids is 1. The quantitative estimate of drug-likeness (QED) is 0.361. The Hall–Kier alpha value is -3.31. The monoisotopic (exact) mass is 542 g/mol. The van der Waals surface area contributed by atoms with Gasteiger partial charge < -0.3 is 14.2 Å². The second-order valence-electron chi connectivity index (χ2n) is 10.3. The van der Waals surface area contributed by atoms with Crippen molar-refractivity contribution in [2.24, 2.45) is 0 Å². The Morgan fingerprint density at radius 2 is 1.87 bits per heavy atom. The van der Waals surface area contributed by atoms with E-state index >= 15 is 4.39 Å². The van der Waals surface area contributed by atoms with Gasteiger partial charge in [0.05, 0.1) is 17.8 Å². The molecular weight excluding hydrogens is 509 g/mol. The smallest absolute Gasteiger partial charge is 0.314 e. The van der Waals surface area contributed by atoms with Crippen molar-refractivity contribution in [2.75, 3.05) is 37.6 Å². The van der Waals surface area contributed by atoms with Gasteiger partial charge in [-0.3, -0.25) is 14.7 Å². The Labute approximate surface area is 225 Å². The molecule has 2 saturated heterocycles. The van der Waals surface area contributed by atoms with Crippen LogP contribution >= 0.6 is 0 Å². The molecule has 2 aliphatic heterocycles. The number of aromatic nitrogens is 3. The molecule has 0 atom stereocenters. The lowest BCUT2D eigenvalue weighted by molar-refractivity contribution is -0.146. The number of amides is 1. The second-order valence-corrected chi connectivity index (χ2v) is 10.3. The lowest BCUT2D eigenvalue weighted by Crippen LogP contribution is -2.69. The number of piperidine rings is 1.